The molecule has 2 heterocycles. The highest BCUT2D eigenvalue weighted by Crippen LogP contribution is 2.37. The molecule has 1 fully saturated rings. The van der Waals surface area contributed by atoms with Crippen molar-refractivity contribution in [2.24, 2.45) is 0 Å². The van der Waals surface area contributed by atoms with Gasteiger partial charge in [0, 0.05) is 0 Å². The van der Waals surface area contributed by atoms with Crippen LogP contribution in [-0.2, 0) is 9.47 Å². The molecule has 2 aliphatic rings. The summed E-state index contributed by atoms with van der Waals surface area (Å²) in [7, 11) is 3.25. The molecule has 2 aliphatic heterocycles. The van der Waals surface area contributed by atoms with Gasteiger partial charge < -0.3 is 18.9 Å². The number of nitrogens with zero attached hydrogens (tertiary/aromatic N) is 1. The lowest BCUT2D eigenvalue weighted by atomic mass is 9.90. The van der Waals surface area contributed by atoms with Crippen molar-refractivity contribution in [1.29, 1.82) is 0 Å². The lowest BCUT2D eigenvalue weighted by Crippen LogP contribution is -2.57. The summed E-state index contributed by atoms with van der Waals surface area (Å²) >= 11 is 0. The molecule has 0 spiro atoms. The molecule has 2 atom stereocenters. The van der Waals surface area contributed by atoms with Gasteiger partial charge in [-0.2, -0.15) is 0 Å². The van der Waals surface area contributed by atoms with E-state index >= 15 is 0 Å². The molecule has 1 aromatic carbocycles. The Bertz CT molecular complexity index is 707. The van der Waals surface area contributed by atoms with E-state index < -0.39 is 5.60 Å². The summed E-state index contributed by atoms with van der Waals surface area (Å²) in [6.45, 7) is 6.64. The SMILES string of the molecule is COc1ccc(C2=CC3COCC(C2)N3C(=O)OC(C)(C)C)cc1OC. The zero-order valence-corrected chi connectivity index (χ0v) is 16.1. The lowest BCUT2D eigenvalue weighted by Gasteiger charge is -2.44. The van der Waals surface area contributed by atoms with Crippen LogP contribution in [0.2, 0.25) is 0 Å². The number of methoxy groups -OCH3 is 2. The molecule has 6 heteroatoms. The number of ether oxygens (including phenoxy) is 4. The Kier molecular flexibility index (Phi) is 5.14. The summed E-state index contributed by atoms with van der Waals surface area (Å²) in [4.78, 5) is 14.5. The number of amides is 1. The van der Waals surface area contributed by atoms with E-state index in [1.165, 1.54) is 5.57 Å². The average molecular weight is 361 g/mol. The van der Waals surface area contributed by atoms with Crippen LogP contribution in [0.25, 0.3) is 5.57 Å². The number of rotatable bonds is 3. The van der Waals surface area contributed by atoms with Gasteiger partial charge in [-0.25, -0.2) is 4.79 Å². The van der Waals surface area contributed by atoms with E-state index in [9.17, 15) is 4.79 Å². The van der Waals surface area contributed by atoms with Gasteiger partial charge in [0.15, 0.2) is 11.5 Å². The molecular weight excluding hydrogens is 334 g/mol. The van der Waals surface area contributed by atoms with Crippen molar-refractivity contribution >= 4 is 11.7 Å². The van der Waals surface area contributed by atoms with Gasteiger partial charge in [0.05, 0.1) is 39.5 Å². The van der Waals surface area contributed by atoms with E-state index in [0.717, 1.165) is 5.56 Å². The van der Waals surface area contributed by atoms with E-state index in [1.54, 1.807) is 14.2 Å². The van der Waals surface area contributed by atoms with E-state index in [4.69, 9.17) is 18.9 Å². The minimum absolute atomic E-state index is 0.0308. The number of hydrogen-bond acceptors (Lipinski definition) is 5. The first-order valence-corrected chi connectivity index (χ1v) is 8.84. The first kappa shape index (κ1) is 18.6. The van der Waals surface area contributed by atoms with Crippen LogP contribution in [0, 0.1) is 0 Å². The number of carbonyl (C=O) groups excluding carboxylic acids is 1. The molecule has 2 bridgehead atoms. The monoisotopic (exact) mass is 361 g/mol. The molecule has 0 aliphatic carbocycles. The summed E-state index contributed by atoms with van der Waals surface area (Å²) in [5, 5.41) is 0. The Hall–Kier alpha value is -2.21. The van der Waals surface area contributed by atoms with Crippen molar-refractivity contribution < 1.29 is 23.7 Å². The maximum absolute atomic E-state index is 12.6. The fourth-order valence-corrected chi connectivity index (χ4v) is 3.45. The molecule has 0 aromatic heterocycles. The number of morpholine rings is 1. The number of hydrogen-bond donors (Lipinski definition) is 0. The number of fused-ring (bicyclic) bond motifs is 2. The summed E-state index contributed by atoms with van der Waals surface area (Å²) < 4.78 is 22.0. The van der Waals surface area contributed by atoms with Gasteiger partial charge >= 0.3 is 6.09 Å². The van der Waals surface area contributed by atoms with Crippen molar-refractivity contribution in [2.75, 3.05) is 27.4 Å². The third-order valence-corrected chi connectivity index (χ3v) is 4.56. The molecule has 2 unspecified atom stereocenters. The topological polar surface area (TPSA) is 57.2 Å². The predicted molar refractivity (Wildman–Crippen MR) is 98.6 cm³/mol. The largest absolute Gasteiger partial charge is 0.493 e. The molecule has 1 aromatic rings. The molecule has 26 heavy (non-hydrogen) atoms. The van der Waals surface area contributed by atoms with E-state index in [0.29, 0.717) is 31.1 Å². The summed E-state index contributed by atoms with van der Waals surface area (Å²) in [6.07, 6.45) is 2.53. The van der Waals surface area contributed by atoms with Crippen molar-refractivity contribution in [3.05, 3.63) is 29.8 Å². The quantitative estimate of drug-likeness (QED) is 0.825. The van der Waals surface area contributed by atoms with E-state index in [2.05, 4.69) is 6.08 Å². The molecule has 3 rings (SSSR count). The van der Waals surface area contributed by atoms with Crippen LogP contribution in [-0.4, -0.2) is 56.1 Å². The van der Waals surface area contributed by atoms with E-state index in [1.807, 2.05) is 43.9 Å². The maximum Gasteiger partial charge on any atom is 0.411 e. The molecule has 0 N–H and O–H groups in total. The zero-order chi connectivity index (χ0) is 18.9. The predicted octanol–water partition coefficient (Wildman–Crippen LogP) is 3.50. The van der Waals surface area contributed by atoms with Gasteiger partial charge in [-0.15, -0.1) is 0 Å². The van der Waals surface area contributed by atoms with Crippen LogP contribution in [0.1, 0.15) is 32.8 Å². The van der Waals surface area contributed by atoms with E-state index in [-0.39, 0.29) is 18.2 Å². The van der Waals surface area contributed by atoms with Crippen LogP contribution < -0.4 is 9.47 Å². The van der Waals surface area contributed by atoms with Gasteiger partial charge in [0.2, 0.25) is 0 Å². The highest BCUT2D eigenvalue weighted by atomic mass is 16.6. The first-order valence-electron chi connectivity index (χ1n) is 8.84. The Morgan fingerprint density at radius 1 is 1.15 bits per heavy atom. The van der Waals surface area contributed by atoms with Gasteiger partial charge in [0.1, 0.15) is 5.60 Å². The number of benzene rings is 1. The molecule has 0 radical (unpaired) electrons. The van der Waals surface area contributed by atoms with Crippen molar-refractivity contribution in [2.45, 2.75) is 44.9 Å². The normalized spacial score (nSPS) is 22.5. The smallest absolute Gasteiger partial charge is 0.411 e. The summed E-state index contributed by atoms with van der Waals surface area (Å²) in [5.41, 5.74) is 1.74. The van der Waals surface area contributed by atoms with Crippen LogP contribution >= 0.6 is 0 Å². The zero-order valence-electron chi connectivity index (χ0n) is 16.1. The maximum atomic E-state index is 12.6. The van der Waals surface area contributed by atoms with Crippen molar-refractivity contribution in [1.82, 2.24) is 4.90 Å². The molecule has 6 nitrogen and oxygen atoms in total. The van der Waals surface area contributed by atoms with Crippen LogP contribution in [0.15, 0.2) is 24.3 Å². The minimum Gasteiger partial charge on any atom is -0.493 e. The summed E-state index contributed by atoms with van der Waals surface area (Å²) in [5.74, 6) is 1.40. The third kappa shape index (κ3) is 3.80. The molecule has 1 amide bonds. The Morgan fingerprint density at radius 3 is 2.50 bits per heavy atom. The lowest BCUT2D eigenvalue weighted by molar-refractivity contribution is -0.0510. The molecule has 1 saturated heterocycles. The van der Waals surface area contributed by atoms with Gasteiger partial charge in [-0.3, -0.25) is 4.90 Å². The fraction of sp³-hybridized carbons (Fsp3) is 0.550. The van der Waals surface area contributed by atoms with Crippen LogP contribution in [0.3, 0.4) is 0 Å². The molecule has 0 saturated carbocycles. The third-order valence-electron chi connectivity index (χ3n) is 4.56. The minimum atomic E-state index is -0.514. The van der Waals surface area contributed by atoms with Gasteiger partial charge in [-0.1, -0.05) is 12.1 Å². The first-order chi connectivity index (χ1) is 12.3. The van der Waals surface area contributed by atoms with Crippen LogP contribution in [0.5, 0.6) is 11.5 Å². The highest BCUT2D eigenvalue weighted by molar-refractivity contribution is 5.75. The van der Waals surface area contributed by atoms with Gasteiger partial charge in [-0.05, 0) is 50.5 Å². The number of carbonyl (C=O) groups is 1. The summed E-state index contributed by atoms with van der Waals surface area (Å²) in [6, 6.07) is 5.75. The highest BCUT2D eigenvalue weighted by Gasteiger charge is 2.40. The molecular formula is C20H27NO5. The second kappa shape index (κ2) is 7.19. The van der Waals surface area contributed by atoms with Crippen molar-refractivity contribution in [3.8, 4) is 11.5 Å². The fourth-order valence-electron chi connectivity index (χ4n) is 3.45. The van der Waals surface area contributed by atoms with Gasteiger partial charge in [0.25, 0.3) is 0 Å². The molecule has 142 valence electrons. The Labute approximate surface area is 154 Å². The standard InChI is InChI=1S/C20H27NO5/c1-20(2,3)26-19(22)21-15-8-14(9-16(21)12-25-11-15)13-6-7-17(23-4)18(10-13)24-5/h6-8,10,15-16H,9,11-12H2,1-5H3. The average Bonchev–Trinajstić information content (AvgIpc) is 2.58. The Balaban J connectivity index is 1.87. The van der Waals surface area contributed by atoms with Crippen LogP contribution in [0.4, 0.5) is 4.79 Å². The second-order valence-electron chi connectivity index (χ2n) is 7.61. The van der Waals surface area contributed by atoms with Crippen molar-refractivity contribution in [3.63, 3.8) is 0 Å². The Morgan fingerprint density at radius 2 is 1.88 bits per heavy atom. The second-order valence-corrected chi connectivity index (χ2v) is 7.61.